The number of esters is 1. The lowest BCUT2D eigenvalue weighted by molar-refractivity contribution is -0.140. The summed E-state index contributed by atoms with van der Waals surface area (Å²) in [6.07, 6.45) is 0. The first-order valence-electron chi connectivity index (χ1n) is 5.81. The Kier molecular flexibility index (Phi) is 3.19. The van der Waals surface area contributed by atoms with E-state index in [2.05, 4.69) is 0 Å². The zero-order valence-electron chi connectivity index (χ0n) is 10.3. The molecule has 0 aromatic heterocycles. The van der Waals surface area contributed by atoms with Crippen LogP contribution in [0.1, 0.15) is 30.9 Å². The Hall–Kier alpha value is -2.10. The molecule has 1 aliphatic rings. The molecule has 1 aromatic rings. The molecule has 18 heavy (non-hydrogen) atoms. The first kappa shape index (κ1) is 12.4. The van der Waals surface area contributed by atoms with E-state index < -0.39 is 17.7 Å². The van der Waals surface area contributed by atoms with Crippen LogP contribution in [0.3, 0.4) is 0 Å². The van der Waals surface area contributed by atoms with Gasteiger partial charge >= 0.3 is 5.97 Å². The summed E-state index contributed by atoms with van der Waals surface area (Å²) in [6, 6.07) is 7.01. The van der Waals surface area contributed by atoms with E-state index in [-0.39, 0.29) is 17.9 Å². The first-order chi connectivity index (χ1) is 8.57. The van der Waals surface area contributed by atoms with E-state index in [0.717, 1.165) is 5.56 Å². The summed E-state index contributed by atoms with van der Waals surface area (Å²) in [5.74, 6) is -1.89. The Balaban J connectivity index is 2.59. The normalized spacial score (nSPS) is 18.6. The molecule has 1 atom stereocenters. The van der Waals surface area contributed by atoms with Crippen molar-refractivity contribution in [2.24, 2.45) is 0 Å². The maximum Gasteiger partial charge on any atom is 0.345 e. The second-order valence-corrected chi connectivity index (χ2v) is 4.12. The van der Waals surface area contributed by atoms with Gasteiger partial charge in [-0.3, -0.25) is 4.79 Å². The molecule has 4 heteroatoms. The second kappa shape index (κ2) is 4.64. The number of rotatable bonds is 2. The summed E-state index contributed by atoms with van der Waals surface area (Å²) in [4.78, 5) is 23.8. The molecule has 0 unspecified atom stereocenters. The van der Waals surface area contributed by atoms with Crippen LogP contribution in [-0.2, 0) is 14.3 Å². The van der Waals surface area contributed by atoms with Crippen molar-refractivity contribution >= 4 is 17.5 Å². The molecule has 0 fully saturated rings. The predicted molar refractivity (Wildman–Crippen MR) is 66.0 cm³/mol. The molecule has 0 heterocycles. The van der Waals surface area contributed by atoms with Crippen molar-refractivity contribution in [2.45, 2.75) is 19.8 Å². The number of ketones is 1. The quantitative estimate of drug-likeness (QED) is 0.642. The highest BCUT2D eigenvalue weighted by Gasteiger charge is 2.35. The number of carbonyl (C=O) groups excluding carboxylic acids is 2. The van der Waals surface area contributed by atoms with E-state index in [1.54, 1.807) is 38.1 Å². The van der Waals surface area contributed by atoms with E-state index in [1.165, 1.54) is 0 Å². The number of hydrogen-bond donors (Lipinski definition) is 1. The van der Waals surface area contributed by atoms with Crippen molar-refractivity contribution in [2.75, 3.05) is 6.61 Å². The second-order valence-electron chi connectivity index (χ2n) is 4.12. The summed E-state index contributed by atoms with van der Waals surface area (Å²) in [7, 11) is 0. The predicted octanol–water partition coefficient (Wildman–Crippen LogP) is 2.21. The summed E-state index contributed by atoms with van der Waals surface area (Å²) in [6.45, 7) is 3.53. The molecule has 1 aliphatic carbocycles. The van der Waals surface area contributed by atoms with Gasteiger partial charge in [0.05, 0.1) is 6.61 Å². The fourth-order valence-corrected chi connectivity index (χ4v) is 2.10. The highest BCUT2D eigenvalue weighted by Crippen LogP contribution is 2.35. The standard InChI is InChI=1S/C14H14O4/c1-3-18-14(17)11-12(15)8(2)9-6-4-5-7-10(9)13(11)16/h4-8,16H,3H2,1-2H3/t8-/m0/s1. The summed E-state index contributed by atoms with van der Waals surface area (Å²) in [5, 5.41) is 10.1. The molecule has 4 nitrogen and oxygen atoms in total. The maximum atomic E-state index is 12.1. The van der Waals surface area contributed by atoms with Gasteiger partial charge in [0, 0.05) is 11.5 Å². The maximum absolute atomic E-state index is 12.1. The molecule has 1 N–H and O–H groups in total. The minimum Gasteiger partial charge on any atom is -0.506 e. The number of aliphatic hydroxyl groups is 1. The monoisotopic (exact) mass is 246 g/mol. The minimum absolute atomic E-state index is 0.166. The molecular formula is C14H14O4. The number of aliphatic hydroxyl groups excluding tert-OH is 1. The molecule has 0 bridgehead atoms. The molecule has 2 rings (SSSR count). The third-order valence-electron chi connectivity index (χ3n) is 3.04. The molecule has 0 spiro atoms. The fraction of sp³-hybridized carbons (Fsp3) is 0.286. The Labute approximate surface area is 105 Å². The minimum atomic E-state index is -0.763. The number of Topliss-reactive ketones (excluding diaryl/α,β-unsaturated/α-hetero) is 1. The Morgan fingerprint density at radius 3 is 2.72 bits per heavy atom. The van der Waals surface area contributed by atoms with Crippen LogP contribution < -0.4 is 0 Å². The van der Waals surface area contributed by atoms with Crippen LogP contribution in [0.2, 0.25) is 0 Å². The van der Waals surface area contributed by atoms with Gasteiger partial charge in [-0.2, -0.15) is 0 Å². The van der Waals surface area contributed by atoms with Crippen LogP contribution in [0.5, 0.6) is 0 Å². The summed E-state index contributed by atoms with van der Waals surface area (Å²) < 4.78 is 4.81. The van der Waals surface area contributed by atoms with E-state index in [1.807, 2.05) is 0 Å². The van der Waals surface area contributed by atoms with Gasteiger partial charge in [-0.15, -0.1) is 0 Å². The van der Waals surface area contributed by atoms with Gasteiger partial charge in [0.1, 0.15) is 11.3 Å². The fourth-order valence-electron chi connectivity index (χ4n) is 2.10. The van der Waals surface area contributed by atoms with E-state index in [9.17, 15) is 14.7 Å². The highest BCUT2D eigenvalue weighted by atomic mass is 16.5. The van der Waals surface area contributed by atoms with Crippen LogP contribution in [-0.4, -0.2) is 23.5 Å². The van der Waals surface area contributed by atoms with Gasteiger partial charge in [-0.25, -0.2) is 4.79 Å². The average molecular weight is 246 g/mol. The van der Waals surface area contributed by atoms with Crippen LogP contribution in [0.15, 0.2) is 29.8 Å². The number of fused-ring (bicyclic) bond motifs is 1. The zero-order chi connectivity index (χ0) is 13.3. The lowest BCUT2D eigenvalue weighted by atomic mass is 9.82. The van der Waals surface area contributed by atoms with Crippen LogP contribution >= 0.6 is 0 Å². The lowest BCUT2D eigenvalue weighted by Gasteiger charge is -2.22. The van der Waals surface area contributed by atoms with E-state index in [4.69, 9.17) is 4.74 Å². The smallest absolute Gasteiger partial charge is 0.345 e. The first-order valence-corrected chi connectivity index (χ1v) is 5.81. The average Bonchev–Trinajstić information content (AvgIpc) is 2.37. The van der Waals surface area contributed by atoms with Crippen molar-refractivity contribution in [3.05, 3.63) is 41.0 Å². The van der Waals surface area contributed by atoms with Crippen molar-refractivity contribution in [3.63, 3.8) is 0 Å². The largest absolute Gasteiger partial charge is 0.506 e. The van der Waals surface area contributed by atoms with Gasteiger partial charge in [0.25, 0.3) is 0 Å². The Morgan fingerprint density at radius 1 is 1.39 bits per heavy atom. The topological polar surface area (TPSA) is 63.6 Å². The van der Waals surface area contributed by atoms with Crippen molar-refractivity contribution in [3.8, 4) is 0 Å². The van der Waals surface area contributed by atoms with Crippen LogP contribution in [0.25, 0.3) is 5.76 Å². The van der Waals surface area contributed by atoms with Gasteiger partial charge < -0.3 is 9.84 Å². The van der Waals surface area contributed by atoms with Gasteiger partial charge in [0.15, 0.2) is 5.78 Å². The molecule has 0 aliphatic heterocycles. The van der Waals surface area contributed by atoms with Crippen LogP contribution in [0, 0.1) is 0 Å². The van der Waals surface area contributed by atoms with Gasteiger partial charge in [-0.1, -0.05) is 31.2 Å². The molecule has 94 valence electrons. The lowest BCUT2D eigenvalue weighted by Crippen LogP contribution is -2.26. The van der Waals surface area contributed by atoms with Crippen molar-refractivity contribution < 1.29 is 19.4 Å². The molecule has 0 radical (unpaired) electrons. The third kappa shape index (κ3) is 1.79. The van der Waals surface area contributed by atoms with E-state index in [0.29, 0.717) is 5.56 Å². The highest BCUT2D eigenvalue weighted by molar-refractivity contribution is 6.25. The van der Waals surface area contributed by atoms with Crippen molar-refractivity contribution in [1.29, 1.82) is 0 Å². The molecule has 0 saturated heterocycles. The number of hydrogen-bond acceptors (Lipinski definition) is 4. The molecule has 0 saturated carbocycles. The Morgan fingerprint density at radius 2 is 2.06 bits per heavy atom. The number of carbonyl (C=O) groups is 2. The number of ether oxygens (including phenoxy) is 1. The van der Waals surface area contributed by atoms with Crippen LogP contribution in [0.4, 0.5) is 0 Å². The Bertz CT molecular complexity index is 542. The van der Waals surface area contributed by atoms with Crippen molar-refractivity contribution in [1.82, 2.24) is 0 Å². The summed E-state index contributed by atoms with van der Waals surface area (Å²) in [5.41, 5.74) is 1.00. The van der Waals surface area contributed by atoms with Gasteiger partial charge in [0.2, 0.25) is 0 Å². The SMILES string of the molecule is CCOC(=O)C1=C(O)c2ccccc2[C@H](C)C1=O. The zero-order valence-corrected chi connectivity index (χ0v) is 10.3. The molecular weight excluding hydrogens is 232 g/mol. The third-order valence-corrected chi connectivity index (χ3v) is 3.04. The molecule has 1 aromatic carbocycles. The molecule has 0 amide bonds. The number of benzene rings is 1. The van der Waals surface area contributed by atoms with Gasteiger partial charge in [-0.05, 0) is 12.5 Å². The summed E-state index contributed by atoms with van der Waals surface area (Å²) >= 11 is 0. The van der Waals surface area contributed by atoms with E-state index >= 15 is 0 Å².